The van der Waals surface area contributed by atoms with E-state index in [1.807, 2.05) is 0 Å². The number of nitrogens with zero attached hydrogens (tertiary/aromatic N) is 1. The lowest BCUT2D eigenvalue weighted by Gasteiger charge is -2.30. The molecule has 0 amide bonds. The van der Waals surface area contributed by atoms with Crippen LogP contribution in [-0.4, -0.2) is 30.6 Å². The molecule has 2 unspecified atom stereocenters. The fourth-order valence-electron chi connectivity index (χ4n) is 3.23. The summed E-state index contributed by atoms with van der Waals surface area (Å²) < 4.78 is 0. The third-order valence-electron chi connectivity index (χ3n) is 4.44. The van der Waals surface area contributed by atoms with Crippen molar-refractivity contribution in [2.24, 2.45) is 5.41 Å². The monoisotopic (exact) mass is 288 g/mol. The van der Waals surface area contributed by atoms with Crippen molar-refractivity contribution in [2.45, 2.75) is 59.0 Å². The first-order valence-corrected chi connectivity index (χ1v) is 8.48. The molecule has 2 rings (SSSR count). The summed E-state index contributed by atoms with van der Waals surface area (Å²) in [5.74, 6) is 0. The highest BCUT2D eigenvalue weighted by Gasteiger charge is 2.22. The zero-order chi connectivity index (χ0) is 15.3. The van der Waals surface area contributed by atoms with Gasteiger partial charge in [-0.2, -0.15) is 0 Å². The Labute approximate surface area is 130 Å². The predicted molar refractivity (Wildman–Crippen MR) is 91.5 cm³/mol. The van der Waals surface area contributed by atoms with Crippen molar-refractivity contribution in [2.75, 3.05) is 19.6 Å². The first kappa shape index (κ1) is 16.5. The maximum atomic E-state index is 3.83. The highest BCUT2D eigenvalue weighted by molar-refractivity contribution is 5.19. The van der Waals surface area contributed by atoms with Crippen molar-refractivity contribution in [3.8, 4) is 0 Å². The van der Waals surface area contributed by atoms with Crippen LogP contribution in [0.3, 0.4) is 0 Å². The van der Waals surface area contributed by atoms with E-state index in [-0.39, 0.29) is 0 Å². The van der Waals surface area contributed by atoms with Crippen LogP contribution in [0, 0.1) is 5.41 Å². The van der Waals surface area contributed by atoms with Gasteiger partial charge in [0.1, 0.15) is 0 Å². The molecule has 1 aromatic carbocycles. The van der Waals surface area contributed by atoms with E-state index in [0.29, 0.717) is 17.5 Å². The van der Waals surface area contributed by atoms with Crippen molar-refractivity contribution < 1.29 is 0 Å². The van der Waals surface area contributed by atoms with E-state index in [4.69, 9.17) is 0 Å². The van der Waals surface area contributed by atoms with Gasteiger partial charge in [0.2, 0.25) is 0 Å². The minimum Gasteiger partial charge on any atom is -0.308 e. The van der Waals surface area contributed by atoms with E-state index < -0.39 is 0 Å². The van der Waals surface area contributed by atoms with E-state index in [0.717, 1.165) is 6.54 Å². The lowest BCUT2D eigenvalue weighted by Crippen LogP contribution is -2.40. The van der Waals surface area contributed by atoms with Gasteiger partial charge in [-0.15, -0.1) is 0 Å². The minimum absolute atomic E-state index is 0.338. The van der Waals surface area contributed by atoms with Gasteiger partial charge in [-0.25, -0.2) is 0 Å². The van der Waals surface area contributed by atoms with Crippen molar-refractivity contribution in [3.05, 3.63) is 35.9 Å². The van der Waals surface area contributed by atoms with Crippen LogP contribution in [0.2, 0.25) is 0 Å². The summed E-state index contributed by atoms with van der Waals surface area (Å²) >= 11 is 0. The molecule has 0 aromatic heterocycles. The second-order valence-corrected chi connectivity index (χ2v) is 7.73. The van der Waals surface area contributed by atoms with Crippen molar-refractivity contribution in [1.82, 2.24) is 10.2 Å². The van der Waals surface area contributed by atoms with E-state index in [1.54, 1.807) is 0 Å². The fourth-order valence-corrected chi connectivity index (χ4v) is 3.23. The SMILES string of the molecule is CC(CNC(CC(C)(C)C)c1ccccc1)N1CCCC1. The first-order valence-electron chi connectivity index (χ1n) is 8.48. The van der Waals surface area contributed by atoms with E-state index >= 15 is 0 Å². The van der Waals surface area contributed by atoms with E-state index in [2.05, 4.69) is 68.2 Å². The number of hydrogen-bond donors (Lipinski definition) is 1. The Morgan fingerprint density at radius 1 is 1.10 bits per heavy atom. The zero-order valence-corrected chi connectivity index (χ0v) is 14.2. The Bertz CT molecular complexity index is 401. The molecular formula is C19H32N2. The maximum absolute atomic E-state index is 3.83. The smallest absolute Gasteiger partial charge is 0.0325 e. The van der Waals surface area contributed by atoms with Crippen LogP contribution < -0.4 is 5.32 Å². The first-order chi connectivity index (χ1) is 9.96. The molecule has 1 aliphatic rings. The van der Waals surface area contributed by atoms with E-state index in [9.17, 15) is 0 Å². The number of likely N-dealkylation sites (tertiary alicyclic amines) is 1. The molecule has 21 heavy (non-hydrogen) atoms. The number of benzene rings is 1. The zero-order valence-electron chi connectivity index (χ0n) is 14.2. The largest absolute Gasteiger partial charge is 0.308 e. The predicted octanol–water partition coefficient (Wildman–Crippen LogP) is 4.24. The summed E-state index contributed by atoms with van der Waals surface area (Å²) in [6.45, 7) is 13.0. The fraction of sp³-hybridized carbons (Fsp3) is 0.684. The average molecular weight is 288 g/mol. The summed E-state index contributed by atoms with van der Waals surface area (Å²) in [4.78, 5) is 2.62. The molecule has 1 saturated heterocycles. The molecule has 0 spiro atoms. The normalized spacial score (nSPS) is 19.6. The molecular weight excluding hydrogens is 256 g/mol. The topological polar surface area (TPSA) is 15.3 Å². The summed E-state index contributed by atoms with van der Waals surface area (Å²) in [7, 11) is 0. The second-order valence-electron chi connectivity index (χ2n) is 7.73. The molecule has 1 aliphatic heterocycles. The molecule has 118 valence electrons. The van der Waals surface area contributed by atoms with Gasteiger partial charge >= 0.3 is 0 Å². The Kier molecular flexibility index (Phi) is 5.83. The average Bonchev–Trinajstić information content (AvgIpc) is 2.97. The molecule has 0 bridgehead atoms. The van der Waals surface area contributed by atoms with Gasteiger partial charge in [-0.3, -0.25) is 4.90 Å². The van der Waals surface area contributed by atoms with Crippen molar-refractivity contribution in [3.63, 3.8) is 0 Å². The molecule has 2 nitrogen and oxygen atoms in total. The summed E-state index contributed by atoms with van der Waals surface area (Å²) in [5.41, 5.74) is 1.76. The van der Waals surface area contributed by atoms with Gasteiger partial charge in [0.05, 0.1) is 0 Å². The van der Waals surface area contributed by atoms with Gasteiger partial charge in [-0.05, 0) is 50.3 Å². The summed E-state index contributed by atoms with van der Waals surface area (Å²) in [6, 6.07) is 12.0. The Hall–Kier alpha value is -0.860. The molecule has 0 saturated carbocycles. The molecule has 0 aliphatic carbocycles. The molecule has 1 fully saturated rings. The van der Waals surface area contributed by atoms with Crippen LogP contribution in [0.15, 0.2) is 30.3 Å². The molecule has 1 aromatic rings. The van der Waals surface area contributed by atoms with Gasteiger partial charge in [0, 0.05) is 18.6 Å². The van der Waals surface area contributed by atoms with Gasteiger partial charge in [-0.1, -0.05) is 51.1 Å². The molecule has 1 N–H and O–H groups in total. The van der Waals surface area contributed by atoms with Crippen LogP contribution in [0.4, 0.5) is 0 Å². The van der Waals surface area contributed by atoms with Crippen molar-refractivity contribution >= 4 is 0 Å². The number of hydrogen-bond acceptors (Lipinski definition) is 2. The Morgan fingerprint density at radius 3 is 2.29 bits per heavy atom. The van der Waals surface area contributed by atoms with Gasteiger partial charge in [0.15, 0.2) is 0 Å². The van der Waals surface area contributed by atoms with Gasteiger partial charge < -0.3 is 5.32 Å². The summed E-state index contributed by atoms with van der Waals surface area (Å²) in [6.07, 6.45) is 3.91. The van der Waals surface area contributed by atoms with Crippen LogP contribution in [0.25, 0.3) is 0 Å². The highest BCUT2D eigenvalue weighted by Crippen LogP contribution is 2.29. The third-order valence-corrected chi connectivity index (χ3v) is 4.44. The minimum atomic E-state index is 0.338. The number of nitrogens with one attached hydrogen (secondary N) is 1. The Balaban J connectivity index is 1.95. The highest BCUT2D eigenvalue weighted by atomic mass is 15.2. The summed E-state index contributed by atoms with van der Waals surface area (Å²) in [5, 5.41) is 3.83. The quantitative estimate of drug-likeness (QED) is 0.842. The van der Waals surface area contributed by atoms with Gasteiger partial charge in [0.25, 0.3) is 0 Å². The van der Waals surface area contributed by atoms with E-state index in [1.165, 1.54) is 37.9 Å². The molecule has 0 radical (unpaired) electrons. The van der Waals surface area contributed by atoms with Crippen LogP contribution >= 0.6 is 0 Å². The lowest BCUT2D eigenvalue weighted by atomic mass is 9.85. The Morgan fingerprint density at radius 2 is 1.71 bits per heavy atom. The molecule has 2 heteroatoms. The standard InChI is InChI=1S/C19H32N2/c1-16(21-12-8-9-13-21)15-20-18(14-19(2,3)4)17-10-6-5-7-11-17/h5-7,10-11,16,18,20H,8-9,12-15H2,1-4H3. The lowest BCUT2D eigenvalue weighted by molar-refractivity contribution is 0.233. The van der Waals surface area contributed by atoms with Crippen LogP contribution in [0.5, 0.6) is 0 Å². The third kappa shape index (κ3) is 5.44. The van der Waals surface area contributed by atoms with Crippen LogP contribution in [-0.2, 0) is 0 Å². The maximum Gasteiger partial charge on any atom is 0.0325 e. The molecule has 1 heterocycles. The number of rotatable bonds is 6. The van der Waals surface area contributed by atoms with Crippen molar-refractivity contribution in [1.29, 1.82) is 0 Å². The molecule has 2 atom stereocenters. The van der Waals surface area contributed by atoms with Crippen LogP contribution in [0.1, 0.15) is 58.6 Å². The second kappa shape index (κ2) is 7.42.